The van der Waals surface area contributed by atoms with Crippen molar-refractivity contribution in [3.8, 4) is 11.3 Å². The van der Waals surface area contributed by atoms with Crippen molar-refractivity contribution in [3.63, 3.8) is 0 Å². The van der Waals surface area contributed by atoms with Crippen LogP contribution in [0.5, 0.6) is 0 Å². The average Bonchev–Trinajstić information content (AvgIpc) is 3.22. The van der Waals surface area contributed by atoms with E-state index in [4.69, 9.17) is 4.74 Å². The Balaban J connectivity index is 1.56. The molecule has 0 atom stereocenters. The molecule has 1 amide bonds. The predicted octanol–water partition coefficient (Wildman–Crippen LogP) is 3.28. The zero-order chi connectivity index (χ0) is 19.1. The Morgan fingerprint density at radius 3 is 2.37 bits per heavy atom. The van der Waals surface area contributed by atoms with Crippen LogP contribution in [0.1, 0.15) is 23.0 Å². The summed E-state index contributed by atoms with van der Waals surface area (Å²) >= 11 is 0. The minimum absolute atomic E-state index is 0.216. The number of H-pyrrole nitrogens is 1. The molecule has 0 radical (unpaired) electrons. The van der Waals surface area contributed by atoms with E-state index in [0.717, 1.165) is 11.1 Å². The van der Waals surface area contributed by atoms with E-state index in [-0.39, 0.29) is 18.2 Å². The Morgan fingerprint density at radius 2 is 1.70 bits per heavy atom. The van der Waals surface area contributed by atoms with Gasteiger partial charge in [-0.2, -0.15) is 5.10 Å². The van der Waals surface area contributed by atoms with E-state index in [9.17, 15) is 9.59 Å². The van der Waals surface area contributed by atoms with Crippen LogP contribution in [0.15, 0.2) is 66.7 Å². The van der Waals surface area contributed by atoms with E-state index < -0.39 is 5.97 Å². The first-order chi connectivity index (χ1) is 13.2. The van der Waals surface area contributed by atoms with Gasteiger partial charge < -0.3 is 9.64 Å². The Bertz CT molecular complexity index is 891. The van der Waals surface area contributed by atoms with Crippen LogP contribution in [0.25, 0.3) is 11.3 Å². The molecule has 3 rings (SSSR count). The van der Waals surface area contributed by atoms with Crippen LogP contribution in [0, 0.1) is 0 Å². The van der Waals surface area contributed by atoms with Crippen LogP contribution in [0.4, 0.5) is 0 Å². The van der Waals surface area contributed by atoms with Crippen molar-refractivity contribution in [3.05, 3.63) is 78.0 Å². The molecule has 2 aromatic carbocycles. The third-order valence-corrected chi connectivity index (χ3v) is 4.14. The second-order valence-electron chi connectivity index (χ2n) is 6.00. The van der Waals surface area contributed by atoms with Gasteiger partial charge in [0.1, 0.15) is 5.69 Å². The molecular weight excluding hydrogens is 342 g/mol. The van der Waals surface area contributed by atoms with Crippen molar-refractivity contribution in [2.75, 3.05) is 13.2 Å². The highest BCUT2D eigenvalue weighted by Crippen LogP contribution is 2.17. The molecule has 1 N–H and O–H groups in total. The topological polar surface area (TPSA) is 75.3 Å². The molecule has 0 unspecified atom stereocenters. The molecule has 0 aliphatic carbocycles. The first-order valence-electron chi connectivity index (χ1n) is 8.77. The Kier molecular flexibility index (Phi) is 5.99. The molecule has 6 heteroatoms. The maximum Gasteiger partial charge on any atom is 0.356 e. The van der Waals surface area contributed by atoms with Gasteiger partial charge in [0.05, 0.1) is 5.69 Å². The number of carbonyl (C=O) groups is 2. The predicted molar refractivity (Wildman–Crippen MR) is 102 cm³/mol. The Labute approximate surface area is 157 Å². The van der Waals surface area contributed by atoms with E-state index in [0.29, 0.717) is 18.8 Å². The summed E-state index contributed by atoms with van der Waals surface area (Å²) in [5.74, 6) is -0.841. The van der Waals surface area contributed by atoms with E-state index in [1.807, 2.05) is 67.6 Å². The van der Waals surface area contributed by atoms with Crippen LogP contribution in [0.2, 0.25) is 0 Å². The number of nitrogens with zero attached hydrogens (tertiary/aromatic N) is 2. The molecule has 0 fully saturated rings. The third kappa shape index (κ3) is 4.82. The minimum Gasteiger partial charge on any atom is -0.451 e. The lowest BCUT2D eigenvalue weighted by Crippen LogP contribution is -2.34. The molecular formula is C21H21N3O3. The molecule has 0 spiro atoms. The molecule has 0 bridgehead atoms. The first-order valence-corrected chi connectivity index (χ1v) is 8.77. The van der Waals surface area contributed by atoms with Crippen molar-refractivity contribution >= 4 is 11.9 Å². The third-order valence-electron chi connectivity index (χ3n) is 4.14. The van der Waals surface area contributed by atoms with Gasteiger partial charge in [0.15, 0.2) is 6.61 Å². The van der Waals surface area contributed by atoms with Crippen LogP contribution in [-0.2, 0) is 16.1 Å². The maximum absolute atomic E-state index is 12.4. The lowest BCUT2D eigenvalue weighted by molar-refractivity contribution is -0.134. The molecule has 0 saturated carbocycles. The normalized spacial score (nSPS) is 10.4. The zero-order valence-electron chi connectivity index (χ0n) is 15.1. The largest absolute Gasteiger partial charge is 0.451 e. The quantitative estimate of drug-likeness (QED) is 0.654. The maximum atomic E-state index is 12.4. The number of aromatic nitrogens is 2. The van der Waals surface area contributed by atoms with E-state index in [2.05, 4.69) is 10.2 Å². The van der Waals surface area contributed by atoms with Crippen LogP contribution in [0.3, 0.4) is 0 Å². The van der Waals surface area contributed by atoms with Crippen LogP contribution in [-0.4, -0.2) is 40.1 Å². The number of amides is 1. The van der Waals surface area contributed by atoms with Crippen molar-refractivity contribution in [2.24, 2.45) is 0 Å². The van der Waals surface area contributed by atoms with E-state index in [1.54, 1.807) is 11.0 Å². The van der Waals surface area contributed by atoms with Crippen molar-refractivity contribution in [1.82, 2.24) is 15.1 Å². The van der Waals surface area contributed by atoms with Crippen molar-refractivity contribution < 1.29 is 14.3 Å². The van der Waals surface area contributed by atoms with E-state index >= 15 is 0 Å². The molecule has 0 aliphatic rings. The molecule has 0 saturated heterocycles. The van der Waals surface area contributed by atoms with Crippen molar-refractivity contribution in [2.45, 2.75) is 13.5 Å². The first kappa shape index (κ1) is 18.4. The highest BCUT2D eigenvalue weighted by atomic mass is 16.5. The van der Waals surface area contributed by atoms with Gasteiger partial charge >= 0.3 is 5.97 Å². The van der Waals surface area contributed by atoms with E-state index in [1.165, 1.54) is 0 Å². The number of benzene rings is 2. The smallest absolute Gasteiger partial charge is 0.356 e. The zero-order valence-corrected chi connectivity index (χ0v) is 15.1. The Hall–Kier alpha value is -3.41. The fourth-order valence-electron chi connectivity index (χ4n) is 2.66. The Morgan fingerprint density at radius 1 is 1.04 bits per heavy atom. The monoisotopic (exact) mass is 363 g/mol. The van der Waals surface area contributed by atoms with Crippen LogP contribution < -0.4 is 0 Å². The number of nitrogens with one attached hydrogen (secondary N) is 1. The molecule has 138 valence electrons. The molecule has 27 heavy (non-hydrogen) atoms. The second-order valence-corrected chi connectivity index (χ2v) is 6.00. The van der Waals surface area contributed by atoms with Gasteiger partial charge in [-0.25, -0.2) is 4.79 Å². The summed E-state index contributed by atoms with van der Waals surface area (Å²) in [5, 5.41) is 6.78. The number of carbonyl (C=O) groups excluding carboxylic acids is 2. The summed E-state index contributed by atoms with van der Waals surface area (Å²) in [5.41, 5.74) is 2.78. The highest BCUT2D eigenvalue weighted by molar-refractivity contribution is 5.90. The average molecular weight is 363 g/mol. The fourth-order valence-corrected chi connectivity index (χ4v) is 2.66. The molecule has 0 aliphatic heterocycles. The van der Waals surface area contributed by atoms with Gasteiger partial charge in [-0.05, 0) is 18.6 Å². The number of rotatable bonds is 7. The number of ether oxygens (including phenoxy) is 1. The molecule has 3 aromatic rings. The summed E-state index contributed by atoms with van der Waals surface area (Å²) in [4.78, 5) is 26.2. The number of hydrogen-bond donors (Lipinski definition) is 1. The van der Waals surface area contributed by atoms with Gasteiger partial charge in [0.2, 0.25) is 0 Å². The SMILES string of the molecule is CCN(Cc1ccccc1)C(=O)COC(=O)c1cc(-c2ccccc2)n[nH]1. The van der Waals surface area contributed by atoms with Crippen LogP contribution >= 0.6 is 0 Å². The fraction of sp³-hybridized carbons (Fsp3) is 0.190. The van der Waals surface area contributed by atoms with Gasteiger partial charge in [-0.3, -0.25) is 9.89 Å². The second kappa shape index (κ2) is 8.80. The lowest BCUT2D eigenvalue weighted by atomic mass is 10.1. The minimum atomic E-state index is -0.603. The van der Waals surface area contributed by atoms with Gasteiger partial charge in [-0.15, -0.1) is 0 Å². The molecule has 1 aromatic heterocycles. The number of aromatic amines is 1. The van der Waals surface area contributed by atoms with Gasteiger partial charge in [-0.1, -0.05) is 60.7 Å². The summed E-state index contributed by atoms with van der Waals surface area (Å²) in [6.45, 7) is 2.60. The molecule has 6 nitrogen and oxygen atoms in total. The van der Waals surface area contributed by atoms with Crippen molar-refractivity contribution in [1.29, 1.82) is 0 Å². The lowest BCUT2D eigenvalue weighted by Gasteiger charge is -2.20. The standard InChI is InChI=1S/C21H21N3O3/c1-2-24(14-16-9-5-3-6-10-16)20(25)15-27-21(26)19-13-18(22-23-19)17-11-7-4-8-12-17/h3-13H,2,14-15H2,1H3,(H,22,23). The molecule has 1 heterocycles. The van der Waals surface area contributed by atoms with Gasteiger partial charge in [0, 0.05) is 18.7 Å². The van der Waals surface area contributed by atoms with Gasteiger partial charge in [0.25, 0.3) is 5.91 Å². The summed E-state index contributed by atoms with van der Waals surface area (Å²) < 4.78 is 5.16. The summed E-state index contributed by atoms with van der Waals surface area (Å²) in [6.07, 6.45) is 0. The summed E-state index contributed by atoms with van der Waals surface area (Å²) in [6, 6.07) is 20.8. The summed E-state index contributed by atoms with van der Waals surface area (Å²) in [7, 11) is 0. The number of hydrogen-bond acceptors (Lipinski definition) is 4. The highest BCUT2D eigenvalue weighted by Gasteiger charge is 2.17. The number of likely N-dealkylation sites (N-methyl/N-ethyl adjacent to an activating group) is 1. The number of esters is 1.